The molecule has 0 N–H and O–H groups in total. The smallest absolute Gasteiger partial charge is 0.0438 e. The molecule has 0 unspecified atom stereocenters. The molecule has 0 aliphatic heterocycles. The van der Waals surface area contributed by atoms with E-state index in [9.17, 15) is 0 Å². The highest BCUT2D eigenvalue weighted by atomic mass is 35.5. The van der Waals surface area contributed by atoms with Crippen molar-refractivity contribution in [2.75, 3.05) is 0 Å². The third-order valence-corrected chi connectivity index (χ3v) is 1.99. The Kier molecular flexibility index (Phi) is 4.55. The van der Waals surface area contributed by atoms with Crippen LogP contribution in [-0.4, -0.2) is 0 Å². The summed E-state index contributed by atoms with van der Waals surface area (Å²) < 4.78 is 0. The lowest BCUT2D eigenvalue weighted by molar-refractivity contribution is 1.14. The molecule has 0 bridgehead atoms. The van der Waals surface area contributed by atoms with E-state index in [-0.39, 0.29) is 7.43 Å². The van der Waals surface area contributed by atoms with Gasteiger partial charge in [0.05, 0.1) is 0 Å². The lowest BCUT2D eigenvalue weighted by atomic mass is 10.2. The van der Waals surface area contributed by atoms with Crippen molar-refractivity contribution in [3.63, 3.8) is 0 Å². The maximum atomic E-state index is 5.84. The van der Waals surface area contributed by atoms with Gasteiger partial charge in [0, 0.05) is 10.0 Å². The Bertz CT molecular complexity index is 231. The number of aryl methyl sites for hydroxylation is 1. The molecule has 0 spiro atoms. The zero-order valence-corrected chi connectivity index (χ0v) is 7.21. The molecule has 1 aromatic carbocycles. The minimum absolute atomic E-state index is 0. The Morgan fingerprint density at radius 3 is 2.36 bits per heavy atom. The van der Waals surface area contributed by atoms with Crippen molar-refractivity contribution in [1.82, 2.24) is 0 Å². The van der Waals surface area contributed by atoms with Crippen molar-refractivity contribution in [3.8, 4) is 0 Å². The highest BCUT2D eigenvalue weighted by molar-refractivity contribution is 6.33. The standard InChI is InChI=1S/C8H8Cl2.CH4/c1-2-6-5-7(9)3-4-8(6)10;/h3-5H,2H2,1H3;1H4. The molecule has 0 fully saturated rings. The molecule has 0 aliphatic carbocycles. The Morgan fingerprint density at radius 2 is 1.91 bits per heavy atom. The van der Waals surface area contributed by atoms with Gasteiger partial charge >= 0.3 is 0 Å². The zero-order valence-electron chi connectivity index (χ0n) is 5.70. The van der Waals surface area contributed by atoms with E-state index in [4.69, 9.17) is 23.2 Å². The molecule has 1 rings (SSSR count). The molecule has 0 nitrogen and oxygen atoms in total. The number of benzene rings is 1. The fourth-order valence-electron chi connectivity index (χ4n) is 0.814. The molecule has 11 heavy (non-hydrogen) atoms. The molecular formula is C9H12Cl2. The van der Waals surface area contributed by atoms with Gasteiger partial charge < -0.3 is 0 Å². The van der Waals surface area contributed by atoms with Crippen molar-refractivity contribution in [1.29, 1.82) is 0 Å². The van der Waals surface area contributed by atoms with Gasteiger partial charge in [-0.05, 0) is 30.2 Å². The summed E-state index contributed by atoms with van der Waals surface area (Å²) in [4.78, 5) is 0. The van der Waals surface area contributed by atoms with Crippen LogP contribution in [0.3, 0.4) is 0 Å². The SMILES string of the molecule is C.CCc1cc(Cl)ccc1Cl. The van der Waals surface area contributed by atoms with E-state index >= 15 is 0 Å². The van der Waals surface area contributed by atoms with Gasteiger partial charge in [0.25, 0.3) is 0 Å². The average Bonchev–Trinajstić information content (AvgIpc) is 1.94. The lowest BCUT2D eigenvalue weighted by Gasteiger charge is -1.99. The van der Waals surface area contributed by atoms with Crippen molar-refractivity contribution in [2.45, 2.75) is 20.8 Å². The Morgan fingerprint density at radius 1 is 1.27 bits per heavy atom. The van der Waals surface area contributed by atoms with Crippen LogP contribution in [0.15, 0.2) is 18.2 Å². The second-order valence-corrected chi connectivity index (χ2v) is 2.93. The highest BCUT2D eigenvalue weighted by Gasteiger charge is 1.96. The monoisotopic (exact) mass is 190 g/mol. The first-order valence-electron chi connectivity index (χ1n) is 3.18. The van der Waals surface area contributed by atoms with Crippen LogP contribution in [0.4, 0.5) is 0 Å². The first-order valence-corrected chi connectivity index (χ1v) is 3.93. The minimum atomic E-state index is 0. The molecule has 1 aromatic rings. The van der Waals surface area contributed by atoms with E-state index in [0.29, 0.717) is 0 Å². The summed E-state index contributed by atoms with van der Waals surface area (Å²) >= 11 is 11.6. The summed E-state index contributed by atoms with van der Waals surface area (Å²) in [7, 11) is 0. The van der Waals surface area contributed by atoms with E-state index < -0.39 is 0 Å². The summed E-state index contributed by atoms with van der Waals surface area (Å²) in [6.45, 7) is 2.05. The van der Waals surface area contributed by atoms with Gasteiger partial charge in [0.1, 0.15) is 0 Å². The van der Waals surface area contributed by atoms with Crippen LogP contribution >= 0.6 is 23.2 Å². The van der Waals surface area contributed by atoms with Crippen LogP contribution in [0.25, 0.3) is 0 Å². The fourth-order valence-corrected chi connectivity index (χ4v) is 1.26. The Labute approximate surface area is 78.1 Å². The van der Waals surface area contributed by atoms with Gasteiger partial charge in [-0.3, -0.25) is 0 Å². The van der Waals surface area contributed by atoms with Crippen molar-refractivity contribution >= 4 is 23.2 Å². The molecule has 62 valence electrons. The molecule has 0 saturated heterocycles. The molecule has 2 heteroatoms. The zero-order chi connectivity index (χ0) is 7.56. The highest BCUT2D eigenvalue weighted by Crippen LogP contribution is 2.20. The first-order chi connectivity index (χ1) is 4.74. The fraction of sp³-hybridized carbons (Fsp3) is 0.333. The van der Waals surface area contributed by atoms with E-state index in [1.807, 2.05) is 12.1 Å². The Hall–Kier alpha value is -0.200. The topological polar surface area (TPSA) is 0 Å². The lowest BCUT2D eigenvalue weighted by Crippen LogP contribution is -1.80. The maximum absolute atomic E-state index is 5.84. The summed E-state index contributed by atoms with van der Waals surface area (Å²) in [5.74, 6) is 0. The van der Waals surface area contributed by atoms with Gasteiger partial charge in [-0.25, -0.2) is 0 Å². The van der Waals surface area contributed by atoms with Crippen LogP contribution < -0.4 is 0 Å². The van der Waals surface area contributed by atoms with Gasteiger partial charge in [-0.15, -0.1) is 0 Å². The molecular weight excluding hydrogens is 179 g/mol. The second kappa shape index (κ2) is 4.63. The molecule has 0 saturated carbocycles. The van der Waals surface area contributed by atoms with Crippen LogP contribution in [0.5, 0.6) is 0 Å². The Balaban J connectivity index is 0.000001000. The van der Waals surface area contributed by atoms with E-state index in [1.54, 1.807) is 6.07 Å². The summed E-state index contributed by atoms with van der Waals surface area (Å²) in [6.07, 6.45) is 0.930. The predicted octanol–water partition coefficient (Wildman–Crippen LogP) is 4.19. The third kappa shape index (κ3) is 2.72. The molecule has 0 atom stereocenters. The maximum Gasteiger partial charge on any atom is 0.0438 e. The molecule has 0 aliphatic rings. The van der Waals surface area contributed by atoms with Gasteiger partial charge in [0.2, 0.25) is 0 Å². The predicted molar refractivity (Wildman–Crippen MR) is 52.6 cm³/mol. The second-order valence-electron chi connectivity index (χ2n) is 2.09. The first kappa shape index (κ1) is 10.8. The van der Waals surface area contributed by atoms with Crippen molar-refractivity contribution < 1.29 is 0 Å². The number of rotatable bonds is 1. The van der Waals surface area contributed by atoms with E-state index in [0.717, 1.165) is 22.0 Å². The van der Waals surface area contributed by atoms with E-state index in [1.165, 1.54) is 0 Å². The number of hydrogen-bond acceptors (Lipinski definition) is 0. The summed E-state index contributed by atoms with van der Waals surface area (Å²) in [5.41, 5.74) is 1.11. The molecule has 0 heterocycles. The third-order valence-electron chi connectivity index (χ3n) is 1.39. The largest absolute Gasteiger partial charge is 0.0843 e. The van der Waals surface area contributed by atoms with Crippen LogP contribution in [0.1, 0.15) is 19.9 Å². The van der Waals surface area contributed by atoms with Gasteiger partial charge in [-0.2, -0.15) is 0 Å². The van der Waals surface area contributed by atoms with Gasteiger partial charge in [0.15, 0.2) is 0 Å². The molecule has 0 aromatic heterocycles. The number of halogens is 2. The van der Waals surface area contributed by atoms with Gasteiger partial charge in [-0.1, -0.05) is 37.6 Å². The quantitative estimate of drug-likeness (QED) is 0.624. The normalized spacial score (nSPS) is 9.00. The van der Waals surface area contributed by atoms with Crippen molar-refractivity contribution in [3.05, 3.63) is 33.8 Å². The number of hydrogen-bond donors (Lipinski definition) is 0. The average molecular weight is 191 g/mol. The van der Waals surface area contributed by atoms with Crippen LogP contribution in [-0.2, 0) is 6.42 Å². The van der Waals surface area contributed by atoms with Crippen molar-refractivity contribution in [2.24, 2.45) is 0 Å². The summed E-state index contributed by atoms with van der Waals surface area (Å²) in [5, 5.41) is 1.55. The summed E-state index contributed by atoms with van der Waals surface area (Å²) in [6, 6.07) is 5.51. The minimum Gasteiger partial charge on any atom is -0.0843 e. The van der Waals surface area contributed by atoms with E-state index in [2.05, 4.69) is 6.92 Å². The molecule has 0 amide bonds. The van der Waals surface area contributed by atoms with Crippen LogP contribution in [0.2, 0.25) is 10.0 Å². The van der Waals surface area contributed by atoms with Crippen LogP contribution in [0, 0.1) is 0 Å². The molecule has 0 radical (unpaired) electrons.